The van der Waals surface area contributed by atoms with E-state index in [2.05, 4.69) is 27.6 Å². The zero-order valence-electron chi connectivity index (χ0n) is 12.1. The third kappa shape index (κ3) is 4.35. The largest absolute Gasteiger partial charge is 0.497 e. The Hall–Kier alpha value is -1.88. The summed E-state index contributed by atoms with van der Waals surface area (Å²) in [4.78, 5) is 0. The van der Waals surface area contributed by atoms with Crippen molar-refractivity contribution in [2.24, 2.45) is 0 Å². The molecule has 5 heteroatoms. The lowest BCUT2D eigenvalue weighted by molar-refractivity contribution is 0.414. The number of rotatable bonds is 8. The summed E-state index contributed by atoms with van der Waals surface area (Å²) >= 11 is 0. The highest BCUT2D eigenvalue weighted by Crippen LogP contribution is 2.13. The third-order valence-corrected chi connectivity index (χ3v) is 3.11. The molecular formula is C15H21N3O2. The van der Waals surface area contributed by atoms with Crippen molar-refractivity contribution in [3.05, 3.63) is 41.6 Å². The van der Waals surface area contributed by atoms with E-state index >= 15 is 0 Å². The summed E-state index contributed by atoms with van der Waals surface area (Å²) in [5.74, 6) is 2.31. The molecule has 0 aliphatic rings. The summed E-state index contributed by atoms with van der Waals surface area (Å²) in [5, 5.41) is 11.2. The fourth-order valence-electron chi connectivity index (χ4n) is 1.95. The molecule has 0 radical (unpaired) electrons. The maximum absolute atomic E-state index is 5.62. The number of hydrogen-bond acceptors (Lipinski definition) is 5. The average Bonchev–Trinajstić information content (AvgIpc) is 2.94. The van der Waals surface area contributed by atoms with E-state index in [0.717, 1.165) is 43.9 Å². The van der Waals surface area contributed by atoms with Crippen LogP contribution in [0.15, 0.2) is 28.7 Å². The van der Waals surface area contributed by atoms with Gasteiger partial charge in [0.2, 0.25) is 11.8 Å². The molecule has 1 N–H and O–H groups in total. The predicted octanol–water partition coefficient (Wildman–Crippen LogP) is 2.02. The van der Waals surface area contributed by atoms with E-state index in [9.17, 15) is 0 Å². The predicted molar refractivity (Wildman–Crippen MR) is 76.9 cm³/mol. The Morgan fingerprint density at radius 3 is 2.40 bits per heavy atom. The van der Waals surface area contributed by atoms with Gasteiger partial charge in [-0.05, 0) is 44.1 Å². The lowest BCUT2D eigenvalue weighted by Crippen LogP contribution is -2.08. The zero-order valence-corrected chi connectivity index (χ0v) is 12.1. The molecule has 5 nitrogen and oxygen atoms in total. The van der Waals surface area contributed by atoms with Crippen molar-refractivity contribution in [3.63, 3.8) is 0 Å². The minimum Gasteiger partial charge on any atom is -0.497 e. The van der Waals surface area contributed by atoms with Gasteiger partial charge in [-0.3, -0.25) is 0 Å². The smallest absolute Gasteiger partial charge is 0.216 e. The van der Waals surface area contributed by atoms with E-state index in [-0.39, 0.29) is 0 Å². The minimum atomic E-state index is 0.709. The SMILES string of the molecule is CNCCCc1nnc(CCc2ccc(OC)cc2)o1. The number of methoxy groups -OCH3 is 1. The summed E-state index contributed by atoms with van der Waals surface area (Å²) in [7, 11) is 3.61. The summed E-state index contributed by atoms with van der Waals surface area (Å²) in [6.45, 7) is 0.962. The van der Waals surface area contributed by atoms with E-state index < -0.39 is 0 Å². The maximum atomic E-state index is 5.62. The van der Waals surface area contributed by atoms with Gasteiger partial charge in [0.15, 0.2) is 0 Å². The van der Waals surface area contributed by atoms with Crippen LogP contribution in [0.2, 0.25) is 0 Å². The van der Waals surface area contributed by atoms with Crippen LogP contribution in [0, 0.1) is 0 Å². The number of nitrogens with zero attached hydrogens (tertiary/aromatic N) is 2. The molecule has 0 spiro atoms. The highest BCUT2D eigenvalue weighted by Gasteiger charge is 2.06. The van der Waals surface area contributed by atoms with Crippen molar-refractivity contribution in [1.82, 2.24) is 15.5 Å². The lowest BCUT2D eigenvalue weighted by Gasteiger charge is -2.01. The fourth-order valence-corrected chi connectivity index (χ4v) is 1.95. The number of ether oxygens (including phenoxy) is 1. The first-order valence-corrected chi connectivity index (χ1v) is 6.90. The molecule has 1 aromatic carbocycles. The Morgan fingerprint density at radius 1 is 1.05 bits per heavy atom. The Morgan fingerprint density at radius 2 is 1.75 bits per heavy atom. The number of hydrogen-bond donors (Lipinski definition) is 1. The van der Waals surface area contributed by atoms with E-state index in [1.807, 2.05) is 19.2 Å². The molecule has 2 aromatic rings. The molecule has 0 fully saturated rings. The summed E-state index contributed by atoms with van der Waals surface area (Å²) in [6.07, 6.45) is 3.50. The second-order valence-corrected chi connectivity index (χ2v) is 4.64. The molecule has 0 unspecified atom stereocenters. The lowest BCUT2D eigenvalue weighted by atomic mass is 10.1. The summed E-state index contributed by atoms with van der Waals surface area (Å²) in [6, 6.07) is 8.05. The van der Waals surface area contributed by atoms with Crippen LogP contribution in [0.25, 0.3) is 0 Å². The number of aryl methyl sites for hydroxylation is 3. The number of aromatic nitrogens is 2. The molecule has 1 heterocycles. The van der Waals surface area contributed by atoms with Crippen LogP contribution in [-0.4, -0.2) is 30.9 Å². The van der Waals surface area contributed by atoms with Crippen LogP contribution in [0.3, 0.4) is 0 Å². The van der Waals surface area contributed by atoms with Gasteiger partial charge in [-0.15, -0.1) is 10.2 Å². The van der Waals surface area contributed by atoms with Gasteiger partial charge in [-0.2, -0.15) is 0 Å². The molecule has 0 atom stereocenters. The quantitative estimate of drug-likeness (QED) is 0.747. The van der Waals surface area contributed by atoms with Crippen molar-refractivity contribution >= 4 is 0 Å². The molecule has 20 heavy (non-hydrogen) atoms. The van der Waals surface area contributed by atoms with Gasteiger partial charge in [0.1, 0.15) is 5.75 Å². The van der Waals surface area contributed by atoms with Crippen molar-refractivity contribution in [3.8, 4) is 5.75 Å². The molecule has 0 aliphatic heterocycles. The van der Waals surface area contributed by atoms with Crippen LogP contribution in [-0.2, 0) is 19.3 Å². The normalized spacial score (nSPS) is 10.7. The third-order valence-electron chi connectivity index (χ3n) is 3.11. The second kappa shape index (κ2) is 7.65. The number of benzene rings is 1. The molecule has 0 bridgehead atoms. The molecule has 1 aromatic heterocycles. The van der Waals surface area contributed by atoms with Crippen molar-refractivity contribution < 1.29 is 9.15 Å². The zero-order chi connectivity index (χ0) is 14.2. The monoisotopic (exact) mass is 275 g/mol. The average molecular weight is 275 g/mol. The van der Waals surface area contributed by atoms with Gasteiger partial charge in [0.05, 0.1) is 7.11 Å². The topological polar surface area (TPSA) is 60.2 Å². The standard InChI is InChI=1S/C15H21N3O2/c1-16-11-3-4-14-17-18-15(20-14)10-7-12-5-8-13(19-2)9-6-12/h5-6,8-9,16H,3-4,7,10-11H2,1-2H3. The van der Waals surface area contributed by atoms with E-state index in [4.69, 9.17) is 9.15 Å². The molecule has 0 amide bonds. The molecule has 108 valence electrons. The molecule has 0 saturated carbocycles. The van der Waals surface area contributed by atoms with Crippen molar-refractivity contribution in [2.75, 3.05) is 20.7 Å². The Kier molecular flexibility index (Phi) is 5.55. The van der Waals surface area contributed by atoms with Gasteiger partial charge in [0.25, 0.3) is 0 Å². The number of nitrogens with one attached hydrogen (secondary N) is 1. The van der Waals surface area contributed by atoms with E-state index in [1.165, 1.54) is 5.56 Å². The maximum Gasteiger partial charge on any atom is 0.216 e. The van der Waals surface area contributed by atoms with Crippen molar-refractivity contribution in [1.29, 1.82) is 0 Å². The molecule has 2 rings (SSSR count). The minimum absolute atomic E-state index is 0.709. The van der Waals surface area contributed by atoms with Gasteiger partial charge in [-0.1, -0.05) is 12.1 Å². The van der Waals surface area contributed by atoms with Crippen LogP contribution in [0.1, 0.15) is 23.8 Å². The van der Waals surface area contributed by atoms with Gasteiger partial charge < -0.3 is 14.5 Å². The summed E-state index contributed by atoms with van der Waals surface area (Å²) < 4.78 is 10.8. The highest BCUT2D eigenvalue weighted by atomic mass is 16.5. The summed E-state index contributed by atoms with van der Waals surface area (Å²) in [5.41, 5.74) is 1.24. The molecular weight excluding hydrogens is 254 g/mol. The molecule has 0 saturated heterocycles. The van der Waals surface area contributed by atoms with Crippen LogP contribution in [0.4, 0.5) is 0 Å². The second-order valence-electron chi connectivity index (χ2n) is 4.64. The first-order valence-electron chi connectivity index (χ1n) is 6.90. The van der Waals surface area contributed by atoms with Crippen LogP contribution < -0.4 is 10.1 Å². The first kappa shape index (κ1) is 14.5. The van der Waals surface area contributed by atoms with E-state index in [0.29, 0.717) is 5.89 Å². The Balaban J connectivity index is 1.81. The molecule has 0 aliphatic carbocycles. The Bertz CT molecular complexity index is 508. The van der Waals surface area contributed by atoms with Crippen LogP contribution >= 0.6 is 0 Å². The van der Waals surface area contributed by atoms with Crippen molar-refractivity contribution in [2.45, 2.75) is 25.7 Å². The van der Waals surface area contributed by atoms with Gasteiger partial charge in [-0.25, -0.2) is 0 Å². The fraction of sp³-hybridized carbons (Fsp3) is 0.467. The van der Waals surface area contributed by atoms with Gasteiger partial charge >= 0.3 is 0 Å². The first-order chi connectivity index (χ1) is 9.81. The van der Waals surface area contributed by atoms with E-state index in [1.54, 1.807) is 7.11 Å². The highest BCUT2D eigenvalue weighted by molar-refractivity contribution is 5.27. The Labute approximate surface area is 119 Å². The van der Waals surface area contributed by atoms with Crippen LogP contribution in [0.5, 0.6) is 5.75 Å². The van der Waals surface area contributed by atoms with Gasteiger partial charge in [0, 0.05) is 12.8 Å².